The van der Waals surface area contributed by atoms with Crippen LogP contribution in [0.15, 0.2) is 47.9 Å². The first-order chi connectivity index (χ1) is 17.6. The minimum atomic E-state index is -0.532. The van der Waals surface area contributed by atoms with Crippen LogP contribution in [-0.2, 0) is 0 Å². The monoisotopic (exact) mass is 488 g/mol. The molecule has 2 aliphatic rings. The maximum Gasteiger partial charge on any atom is 0.244 e. The first kappa shape index (κ1) is 23.4. The van der Waals surface area contributed by atoms with Gasteiger partial charge in [0.1, 0.15) is 11.6 Å². The van der Waals surface area contributed by atoms with E-state index in [-0.39, 0.29) is 17.6 Å². The molecule has 1 unspecified atom stereocenters. The van der Waals surface area contributed by atoms with Crippen LogP contribution in [0.4, 0.5) is 0 Å². The number of fused-ring (bicyclic) bond motifs is 1. The molecule has 0 radical (unpaired) electrons. The molecule has 1 aromatic heterocycles. The molecule has 5 rings (SSSR count). The quantitative estimate of drug-likeness (QED) is 0.493. The Morgan fingerprint density at radius 1 is 0.972 bits per heavy atom. The second-order valence-corrected chi connectivity index (χ2v) is 8.75. The van der Waals surface area contributed by atoms with Gasteiger partial charge in [-0.1, -0.05) is 6.07 Å². The molecule has 9 heteroatoms. The summed E-state index contributed by atoms with van der Waals surface area (Å²) in [5.41, 5.74) is 9.42. The number of nitrogens with two attached hydrogens (primary N) is 1. The number of aromatic amines is 1. The topological polar surface area (TPSA) is 125 Å². The molecule has 0 bridgehead atoms. The lowest BCUT2D eigenvalue weighted by atomic mass is 9.83. The highest BCUT2D eigenvalue weighted by atomic mass is 16.5. The molecule has 3 aromatic rings. The normalized spacial score (nSPS) is 17.2. The maximum atomic E-state index is 10.0. The summed E-state index contributed by atoms with van der Waals surface area (Å²) in [6.45, 7) is 0. The minimum absolute atomic E-state index is 0.0191. The number of nitrogens with zero attached hydrogens (tertiary/aromatic N) is 2. The van der Waals surface area contributed by atoms with Crippen LogP contribution in [0, 0.1) is 11.3 Å². The smallest absolute Gasteiger partial charge is 0.244 e. The molecular weight excluding hydrogens is 460 g/mol. The van der Waals surface area contributed by atoms with E-state index in [1.807, 2.05) is 36.4 Å². The number of methoxy groups -OCH3 is 3. The number of allylic oxidation sites excluding steroid dienone is 1. The van der Waals surface area contributed by atoms with Gasteiger partial charge in [-0.25, -0.2) is 0 Å². The summed E-state index contributed by atoms with van der Waals surface area (Å²) in [5.74, 6) is 2.25. The SMILES string of the molecule is COc1ccc(-c2[nH]nc3c2C(c2ccc(OC4CCCC4)c(OC)c2)C(C#N)=C(N)O3)cc1OC. The maximum absolute atomic E-state index is 10.0. The van der Waals surface area contributed by atoms with Crippen LogP contribution in [0.1, 0.15) is 42.7 Å². The highest BCUT2D eigenvalue weighted by molar-refractivity contribution is 5.73. The van der Waals surface area contributed by atoms with Crippen molar-refractivity contribution < 1.29 is 23.7 Å². The second-order valence-electron chi connectivity index (χ2n) is 8.75. The van der Waals surface area contributed by atoms with Crippen LogP contribution in [0.25, 0.3) is 11.3 Å². The fourth-order valence-electron chi connectivity index (χ4n) is 4.94. The predicted octanol–water partition coefficient (Wildman–Crippen LogP) is 4.64. The number of nitrogens with one attached hydrogen (secondary N) is 1. The van der Waals surface area contributed by atoms with Gasteiger partial charge in [-0.15, -0.1) is 5.10 Å². The van der Waals surface area contributed by atoms with Gasteiger partial charge in [0, 0.05) is 5.56 Å². The summed E-state index contributed by atoms with van der Waals surface area (Å²) in [7, 11) is 4.77. The van der Waals surface area contributed by atoms with Gasteiger partial charge in [0.2, 0.25) is 11.8 Å². The van der Waals surface area contributed by atoms with Crippen LogP contribution in [0.5, 0.6) is 28.9 Å². The lowest BCUT2D eigenvalue weighted by Crippen LogP contribution is -2.21. The number of rotatable bonds is 7. The zero-order chi connectivity index (χ0) is 25.2. The van der Waals surface area contributed by atoms with Gasteiger partial charge in [0.05, 0.1) is 44.6 Å². The largest absolute Gasteiger partial charge is 0.493 e. The number of nitriles is 1. The van der Waals surface area contributed by atoms with Gasteiger partial charge in [-0.3, -0.25) is 5.10 Å². The molecule has 3 N–H and O–H groups in total. The van der Waals surface area contributed by atoms with Crippen molar-refractivity contribution in [2.45, 2.75) is 37.7 Å². The molecule has 0 amide bonds. The molecular formula is C27H28N4O5. The van der Waals surface area contributed by atoms with Crippen molar-refractivity contribution >= 4 is 0 Å². The van der Waals surface area contributed by atoms with Crippen LogP contribution in [-0.4, -0.2) is 37.6 Å². The van der Waals surface area contributed by atoms with E-state index in [4.69, 9.17) is 29.4 Å². The van der Waals surface area contributed by atoms with E-state index in [1.54, 1.807) is 21.3 Å². The molecule has 36 heavy (non-hydrogen) atoms. The third kappa shape index (κ3) is 4.05. The van der Waals surface area contributed by atoms with Crippen LogP contribution < -0.4 is 29.4 Å². The highest BCUT2D eigenvalue weighted by Gasteiger charge is 2.36. The third-order valence-corrected chi connectivity index (χ3v) is 6.73. The molecule has 1 atom stereocenters. The predicted molar refractivity (Wildman–Crippen MR) is 132 cm³/mol. The van der Waals surface area contributed by atoms with E-state index in [1.165, 1.54) is 12.8 Å². The molecule has 186 valence electrons. The van der Waals surface area contributed by atoms with Crippen molar-refractivity contribution in [3.63, 3.8) is 0 Å². The Labute approximate surface area is 209 Å². The van der Waals surface area contributed by atoms with Gasteiger partial charge in [0.15, 0.2) is 23.0 Å². The van der Waals surface area contributed by atoms with E-state index in [0.29, 0.717) is 40.1 Å². The summed E-state index contributed by atoms with van der Waals surface area (Å²) in [4.78, 5) is 0. The average molecular weight is 489 g/mol. The van der Waals surface area contributed by atoms with Crippen molar-refractivity contribution in [3.8, 4) is 46.2 Å². The zero-order valence-corrected chi connectivity index (χ0v) is 20.5. The molecule has 9 nitrogen and oxygen atoms in total. The number of ether oxygens (including phenoxy) is 5. The van der Waals surface area contributed by atoms with Crippen LogP contribution in [0.2, 0.25) is 0 Å². The molecule has 0 saturated heterocycles. The van der Waals surface area contributed by atoms with Crippen LogP contribution >= 0.6 is 0 Å². The Kier molecular flexibility index (Phi) is 6.34. The fraction of sp³-hybridized carbons (Fsp3) is 0.333. The van der Waals surface area contributed by atoms with Crippen molar-refractivity contribution in [3.05, 3.63) is 59.0 Å². The van der Waals surface area contributed by atoms with Crippen molar-refractivity contribution in [1.29, 1.82) is 5.26 Å². The summed E-state index contributed by atoms with van der Waals surface area (Å²) >= 11 is 0. The van der Waals surface area contributed by atoms with E-state index in [2.05, 4.69) is 16.3 Å². The van der Waals surface area contributed by atoms with E-state index >= 15 is 0 Å². The molecule has 1 aliphatic heterocycles. The Bertz CT molecular complexity index is 1350. The van der Waals surface area contributed by atoms with E-state index in [0.717, 1.165) is 24.0 Å². The first-order valence-electron chi connectivity index (χ1n) is 11.8. The molecule has 2 heterocycles. The Hall–Kier alpha value is -4.32. The minimum Gasteiger partial charge on any atom is -0.493 e. The Morgan fingerprint density at radius 3 is 2.36 bits per heavy atom. The Morgan fingerprint density at radius 2 is 1.67 bits per heavy atom. The second kappa shape index (κ2) is 9.74. The molecule has 1 aliphatic carbocycles. The van der Waals surface area contributed by atoms with Crippen molar-refractivity contribution in [2.24, 2.45) is 5.73 Å². The fourth-order valence-corrected chi connectivity index (χ4v) is 4.94. The lowest BCUT2D eigenvalue weighted by Gasteiger charge is -2.25. The van der Waals surface area contributed by atoms with Crippen molar-refractivity contribution in [2.75, 3.05) is 21.3 Å². The standard InChI is InChI=1S/C27H28N4O5/c1-32-19-10-9-16(13-21(19)33-2)25-24-23(18(14-28)26(29)36-27(24)31-30-25)15-8-11-20(22(12-15)34-3)35-17-6-4-5-7-17/h8-13,17,23H,4-7,29H2,1-3H3,(H,30,31). The molecule has 0 spiro atoms. The summed E-state index contributed by atoms with van der Waals surface area (Å²) in [6.07, 6.45) is 4.61. The van der Waals surface area contributed by atoms with Crippen LogP contribution in [0.3, 0.4) is 0 Å². The number of hydrogen-bond donors (Lipinski definition) is 2. The van der Waals surface area contributed by atoms with E-state index < -0.39 is 5.92 Å². The van der Waals surface area contributed by atoms with E-state index in [9.17, 15) is 5.26 Å². The number of hydrogen-bond acceptors (Lipinski definition) is 8. The van der Waals surface area contributed by atoms with Crippen molar-refractivity contribution in [1.82, 2.24) is 10.2 Å². The summed E-state index contributed by atoms with van der Waals surface area (Å²) in [6, 6.07) is 13.5. The third-order valence-electron chi connectivity index (χ3n) is 6.73. The van der Waals surface area contributed by atoms with Gasteiger partial charge in [-0.2, -0.15) is 5.26 Å². The summed E-state index contributed by atoms with van der Waals surface area (Å²) < 4.78 is 28.5. The zero-order valence-electron chi connectivity index (χ0n) is 20.5. The highest BCUT2D eigenvalue weighted by Crippen LogP contribution is 2.48. The number of aromatic nitrogens is 2. The lowest BCUT2D eigenvalue weighted by molar-refractivity contribution is 0.200. The number of benzene rings is 2. The molecule has 1 saturated carbocycles. The van der Waals surface area contributed by atoms with Gasteiger partial charge < -0.3 is 29.4 Å². The van der Waals surface area contributed by atoms with Gasteiger partial charge in [-0.05, 0) is 61.6 Å². The molecule has 1 fully saturated rings. The first-order valence-corrected chi connectivity index (χ1v) is 11.8. The molecule has 2 aromatic carbocycles. The van der Waals surface area contributed by atoms with Gasteiger partial charge >= 0.3 is 0 Å². The Balaban J connectivity index is 1.61. The van der Waals surface area contributed by atoms with Gasteiger partial charge in [0.25, 0.3) is 0 Å². The number of H-pyrrole nitrogens is 1. The summed E-state index contributed by atoms with van der Waals surface area (Å²) in [5, 5.41) is 17.5. The average Bonchev–Trinajstić information content (AvgIpc) is 3.57.